The third-order valence-corrected chi connectivity index (χ3v) is 2.95. The predicted octanol–water partition coefficient (Wildman–Crippen LogP) is 2.13. The highest BCUT2D eigenvalue weighted by Crippen LogP contribution is 2.38. The van der Waals surface area contributed by atoms with Crippen molar-refractivity contribution in [1.29, 1.82) is 5.26 Å². The standard InChI is InChI=1S/C13H14N2O2/c1-3-7-15-10(8-14)9-5-4-6-11(17-2)12(9)13(15)16/h4-6,10H,3,7H2,1-2H3. The van der Waals surface area contributed by atoms with Gasteiger partial charge in [0.05, 0.1) is 18.7 Å². The minimum absolute atomic E-state index is 0.106. The van der Waals surface area contributed by atoms with Crippen LogP contribution in [0.1, 0.15) is 35.3 Å². The molecule has 1 aromatic carbocycles. The summed E-state index contributed by atoms with van der Waals surface area (Å²) in [5, 5.41) is 9.21. The summed E-state index contributed by atoms with van der Waals surface area (Å²) in [6.45, 7) is 2.58. The van der Waals surface area contributed by atoms with E-state index < -0.39 is 6.04 Å². The Morgan fingerprint density at radius 2 is 2.29 bits per heavy atom. The first kappa shape index (κ1) is 11.5. The molecule has 0 saturated carbocycles. The lowest BCUT2D eigenvalue weighted by Crippen LogP contribution is -2.28. The van der Waals surface area contributed by atoms with Crippen LogP contribution in [0.2, 0.25) is 0 Å². The molecular weight excluding hydrogens is 216 g/mol. The molecule has 1 atom stereocenters. The van der Waals surface area contributed by atoms with E-state index >= 15 is 0 Å². The fourth-order valence-electron chi connectivity index (χ4n) is 2.21. The Balaban J connectivity index is 2.53. The van der Waals surface area contributed by atoms with Gasteiger partial charge in [-0.05, 0) is 12.5 Å². The third-order valence-electron chi connectivity index (χ3n) is 2.95. The van der Waals surface area contributed by atoms with E-state index in [0.717, 1.165) is 12.0 Å². The van der Waals surface area contributed by atoms with Gasteiger partial charge in [-0.15, -0.1) is 0 Å². The van der Waals surface area contributed by atoms with Crippen molar-refractivity contribution in [1.82, 2.24) is 4.90 Å². The zero-order valence-corrected chi connectivity index (χ0v) is 9.93. The van der Waals surface area contributed by atoms with Gasteiger partial charge in [-0.2, -0.15) is 5.26 Å². The molecule has 1 aliphatic heterocycles. The zero-order valence-electron chi connectivity index (χ0n) is 9.93. The molecule has 1 amide bonds. The van der Waals surface area contributed by atoms with Crippen LogP contribution >= 0.6 is 0 Å². The molecule has 4 nitrogen and oxygen atoms in total. The molecule has 0 N–H and O–H groups in total. The molecule has 4 heteroatoms. The number of rotatable bonds is 3. The van der Waals surface area contributed by atoms with Crippen LogP contribution in [0.5, 0.6) is 5.75 Å². The van der Waals surface area contributed by atoms with Crippen molar-refractivity contribution in [3.63, 3.8) is 0 Å². The summed E-state index contributed by atoms with van der Waals surface area (Å²) in [6.07, 6.45) is 0.834. The topological polar surface area (TPSA) is 53.3 Å². The van der Waals surface area contributed by atoms with Crippen molar-refractivity contribution in [2.75, 3.05) is 13.7 Å². The zero-order chi connectivity index (χ0) is 12.4. The second-order valence-electron chi connectivity index (χ2n) is 3.95. The Labute approximate surface area is 100 Å². The second-order valence-corrected chi connectivity index (χ2v) is 3.95. The highest BCUT2D eigenvalue weighted by Gasteiger charge is 2.38. The smallest absolute Gasteiger partial charge is 0.259 e. The van der Waals surface area contributed by atoms with E-state index in [-0.39, 0.29) is 5.91 Å². The van der Waals surface area contributed by atoms with Crippen LogP contribution in [0, 0.1) is 11.3 Å². The molecule has 0 radical (unpaired) electrons. The van der Waals surface area contributed by atoms with Gasteiger partial charge in [0.2, 0.25) is 0 Å². The SMILES string of the molecule is CCCN1C(=O)c2c(OC)cccc2C1C#N. The first-order valence-electron chi connectivity index (χ1n) is 5.62. The molecule has 0 bridgehead atoms. The summed E-state index contributed by atoms with van der Waals surface area (Å²) in [6, 6.07) is 7.09. The van der Waals surface area contributed by atoms with Gasteiger partial charge in [0.15, 0.2) is 0 Å². The van der Waals surface area contributed by atoms with E-state index in [2.05, 4.69) is 6.07 Å². The molecule has 1 aromatic rings. The van der Waals surface area contributed by atoms with Crippen LogP contribution < -0.4 is 4.74 Å². The lowest BCUT2D eigenvalue weighted by atomic mass is 10.0. The maximum atomic E-state index is 12.2. The van der Waals surface area contributed by atoms with Crippen LogP contribution in [0.4, 0.5) is 0 Å². The van der Waals surface area contributed by atoms with E-state index in [4.69, 9.17) is 4.74 Å². The van der Waals surface area contributed by atoms with Crippen molar-refractivity contribution >= 4 is 5.91 Å². The minimum atomic E-state index is -0.479. The molecule has 88 valence electrons. The quantitative estimate of drug-likeness (QED) is 0.799. The lowest BCUT2D eigenvalue weighted by molar-refractivity contribution is 0.0755. The summed E-state index contributed by atoms with van der Waals surface area (Å²) in [4.78, 5) is 13.8. The number of fused-ring (bicyclic) bond motifs is 1. The van der Waals surface area contributed by atoms with Gasteiger partial charge in [-0.3, -0.25) is 4.79 Å². The Morgan fingerprint density at radius 3 is 2.88 bits per heavy atom. The number of hydrogen-bond donors (Lipinski definition) is 0. The van der Waals surface area contributed by atoms with Crippen molar-refractivity contribution < 1.29 is 9.53 Å². The molecule has 0 fully saturated rings. The molecule has 0 aliphatic carbocycles. The molecule has 0 aromatic heterocycles. The fraction of sp³-hybridized carbons (Fsp3) is 0.385. The van der Waals surface area contributed by atoms with Crippen LogP contribution in [-0.2, 0) is 0 Å². The summed E-state index contributed by atoms with van der Waals surface area (Å²) in [5.41, 5.74) is 1.29. The largest absolute Gasteiger partial charge is 0.496 e. The van der Waals surface area contributed by atoms with Gasteiger partial charge in [0, 0.05) is 12.1 Å². The van der Waals surface area contributed by atoms with Gasteiger partial charge in [0.25, 0.3) is 5.91 Å². The molecule has 2 rings (SSSR count). The highest BCUT2D eigenvalue weighted by molar-refractivity contribution is 6.02. The van der Waals surface area contributed by atoms with Crippen LogP contribution in [0.3, 0.4) is 0 Å². The number of nitriles is 1. The van der Waals surface area contributed by atoms with Gasteiger partial charge < -0.3 is 9.64 Å². The van der Waals surface area contributed by atoms with Gasteiger partial charge in [-0.25, -0.2) is 0 Å². The summed E-state index contributed by atoms with van der Waals surface area (Å²) < 4.78 is 5.19. The molecule has 0 saturated heterocycles. The van der Waals surface area contributed by atoms with E-state index in [1.807, 2.05) is 19.1 Å². The highest BCUT2D eigenvalue weighted by atomic mass is 16.5. The monoisotopic (exact) mass is 230 g/mol. The summed E-state index contributed by atoms with van der Waals surface area (Å²) in [5.74, 6) is 0.442. The number of ether oxygens (including phenoxy) is 1. The first-order valence-corrected chi connectivity index (χ1v) is 5.62. The predicted molar refractivity (Wildman–Crippen MR) is 62.7 cm³/mol. The van der Waals surface area contributed by atoms with Crippen LogP contribution in [0.15, 0.2) is 18.2 Å². The van der Waals surface area contributed by atoms with Crippen LogP contribution in [-0.4, -0.2) is 24.5 Å². The Bertz CT molecular complexity index is 491. The lowest BCUT2D eigenvalue weighted by Gasteiger charge is -2.18. The Hall–Kier alpha value is -2.02. The van der Waals surface area contributed by atoms with Crippen molar-refractivity contribution in [3.8, 4) is 11.8 Å². The summed E-state index contributed by atoms with van der Waals surface area (Å²) >= 11 is 0. The number of carbonyl (C=O) groups excluding carboxylic acids is 1. The minimum Gasteiger partial charge on any atom is -0.496 e. The van der Waals surface area contributed by atoms with Gasteiger partial charge in [-0.1, -0.05) is 19.1 Å². The maximum Gasteiger partial charge on any atom is 0.259 e. The van der Waals surface area contributed by atoms with Crippen molar-refractivity contribution in [2.24, 2.45) is 0 Å². The number of benzene rings is 1. The first-order chi connectivity index (χ1) is 8.24. The second kappa shape index (κ2) is 4.46. The van der Waals surface area contributed by atoms with E-state index in [1.54, 1.807) is 11.0 Å². The molecule has 1 aliphatic rings. The molecule has 0 spiro atoms. The number of hydrogen-bond acceptors (Lipinski definition) is 3. The summed E-state index contributed by atoms with van der Waals surface area (Å²) in [7, 11) is 1.53. The molecule has 17 heavy (non-hydrogen) atoms. The molecule has 1 heterocycles. The average molecular weight is 230 g/mol. The van der Waals surface area contributed by atoms with E-state index in [0.29, 0.717) is 17.9 Å². The maximum absolute atomic E-state index is 12.2. The number of methoxy groups -OCH3 is 1. The number of nitrogens with zero attached hydrogens (tertiary/aromatic N) is 2. The van der Waals surface area contributed by atoms with Crippen molar-refractivity contribution in [3.05, 3.63) is 29.3 Å². The van der Waals surface area contributed by atoms with Crippen molar-refractivity contribution in [2.45, 2.75) is 19.4 Å². The Morgan fingerprint density at radius 1 is 1.53 bits per heavy atom. The average Bonchev–Trinajstić information content (AvgIpc) is 2.63. The number of amides is 1. The number of carbonyl (C=O) groups is 1. The fourth-order valence-corrected chi connectivity index (χ4v) is 2.21. The normalized spacial score (nSPS) is 17.8. The molecular formula is C13H14N2O2. The van der Waals surface area contributed by atoms with Gasteiger partial charge in [0.1, 0.15) is 11.8 Å². The van der Waals surface area contributed by atoms with E-state index in [9.17, 15) is 10.1 Å². The van der Waals surface area contributed by atoms with Crippen LogP contribution in [0.25, 0.3) is 0 Å². The van der Waals surface area contributed by atoms with E-state index in [1.165, 1.54) is 7.11 Å². The Kier molecular flexibility index (Phi) is 3.01. The molecule has 1 unspecified atom stereocenters. The van der Waals surface area contributed by atoms with Gasteiger partial charge >= 0.3 is 0 Å². The third kappa shape index (κ3) is 1.64.